The minimum atomic E-state index is -3.50. The molecule has 0 heterocycles. The van der Waals surface area contributed by atoms with Crippen molar-refractivity contribution >= 4 is 15.8 Å². The first kappa shape index (κ1) is 15.5. The molecule has 5 nitrogen and oxygen atoms in total. The maximum absolute atomic E-state index is 11.8. The van der Waals surface area contributed by atoms with E-state index >= 15 is 0 Å². The summed E-state index contributed by atoms with van der Waals surface area (Å²) in [4.78, 5) is 11.0. The van der Waals surface area contributed by atoms with Gasteiger partial charge < -0.3 is 10.2 Å². The lowest BCUT2D eigenvalue weighted by molar-refractivity contribution is -0.138. The molecule has 0 bridgehead atoms. The SMILES string of the molecule is Cc1cc(S(C)(=O)=O)c(C(C)(C)CC(=O)O)cc1O. The van der Waals surface area contributed by atoms with E-state index in [1.165, 1.54) is 12.1 Å². The highest BCUT2D eigenvalue weighted by molar-refractivity contribution is 7.90. The molecule has 0 aliphatic carbocycles. The number of aromatic hydroxyl groups is 1. The number of aliphatic carboxylic acids is 1. The van der Waals surface area contributed by atoms with Crippen molar-refractivity contribution in [3.05, 3.63) is 23.3 Å². The highest BCUT2D eigenvalue weighted by atomic mass is 32.2. The van der Waals surface area contributed by atoms with Crippen molar-refractivity contribution in [2.45, 2.75) is 37.5 Å². The monoisotopic (exact) mass is 286 g/mol. The number of carboxylic acids is 1. The van der Waals surface area contributed by atoms with Crippen molar-refractivity contribution in [1.82, 2.24) is 0 Å². The standard InChI is InChI=1S/C13H18O5S/c1-8-5-11(19(4,17)18)9(6-10(8)14)13(2,3)7-12(15)16/h5-6,14H,7H2,1-4H3,(H,15,16). The number of hydrogen-bond donors (Lipinski definition) is 2. The molecular weight excluding hydrogens is 268 g/mol. The molecule has 1 aromatic rings. The molecule has 0 aliphatic rings. The quantitative estimate of drug-likeness (QED) is 0.881. The van der Waals surface area contributed by atoms with Gasteiger partial charge in [0, 0.05) is 11.7 Å². The molecule has 0 atom stereocenters. The van der Waals surface area contributed by atoms with Crippen LogP contribution < -0.4 is 0 Å². The molecule has 0 spiro atoms. The van der Waals surface area contributed by atoms with E-state index in [1.807, 2.05) is 0 Å². The maximum Gasteiger partial charge on any atom is 0.304 e. The van der Waals surface area contributed by atoms with Gasteiger partial charge in [0.2, 0.25) is 0 Å². The van der Waals surface area contributed by atoms with Crippen LogP contribution in [0.15, 0.2) is 17.0 Å². The Morgan fingerprint density at radius 2 is 1.84 bits per heavy atom. The van der Waals surface area contributed by atoms with Crippen molar-refractivity contribution in [2.75, 3.05) is 6.26 Å². The van der Waals surface area contributed by atoms with Crippen LogP contribution in [0.4, 0.5) is 0 Å². The first-order valence-corrected chi connectivity index (χ1v) is 7.60. The number of hydrogen-bond acceptors (Lipinski definition) is 4. The molecular formula is C13H18O5S. The lowest BCUT2D eigenvalue weighted by Crippen LogP contribution is -2.24. The zero-order valence-corrected chi connectivity index (χ0v) is 12.2. The van der Waals surface area contributed by atoms with Gasteiger partial charge in [-0.05, 0) is 30.2 Å². The second kappa shape index (κ2) is 4.85. The van der Waals surface area contributed by atoms with Crippen LogP contribution >= 0.6 is 0 Å². The number of carboxylic acid groups (broad SMARTS) is 1. The summed E-state index contributed by atoms with van der Waals surface area (Å²) in [5.74, 6) is -1.06. The number of carbonyl (C=O) groups is 1. The second-order valence-corrected chi connectivity index (χ2v) is 7.35. The summed E-state index contributed by atoms with van der Waals surface area (Å²) in [6.07, 6.45) is 0.844. The van der Waals surface area contributed by atoms with E-state index in [4.69, 9.17) is 5.11 Å². The Labute approximate surface area is 112 Å². The van der Waals surface area contributed by atoms with Crippen molar-refractivity contribution < 1.29 is 23.4 Å². The van der Waals surface area contributed by atoms with Crippen LogP contribution in [0, 0.1) is 6.92 Å². The summed E-state index contributed by atoms with van der Waals surface area (Å²) in [6, 6.07) is 2.72. The fourth-order valence-corrected chi connectivity index (χ4v) is 3.10. The molecule has 0 aromatic heterocycles. The Morgan fingerprint density at radius 1 is 1.32 bits per heavy atom. The van der Waals surface area contributed by atoms with Gasteiger partial charge in [0.15, 0.2) is 9.84 Å². The zero-order valence-electron chi connectivity index (χ0n) is 11.4. The first-order chi connectivity index (χ1) is 8.45. The third kappa shape index (κ3) is 3.47. The number of benzene rings is 1. The van der Waals surface area contributed by atoms with E-state index in [-0.39, 0.29) is 17.1 Å². The lowest BCUT2D eigenvalue weighted by Gasteiger charge is -2.26. The van der Waals surface area contributed by atoms with E-state index < -0.39 is 21.2 Å². The topological polar surface area (TPSA) is 91.7 Å². The first-order valence-electron chi connectivity index (χ1n) is 5.71. The highest BCUT2D eigenvalue weighted by Crippen LogP contribution is 2.36. The van der Waals surface area contributed by atoms with Crippen LogP contribution in [0.25, 0.3) is 0 Å². The Morgan fingerprint density at radius 3 is 2.26 bits per heavy atom. The van der Waals surface area contributed by atoms with Crippen LogP contribution in [-0.4, -0.2) is 30.9 Å². The van der Waals surface area contributed by atoms with E-state index in [0.717, 1.165) is 6.26 Å². The van der Waals surface area contributed by atoms with Crippen LogP contribution in [0.5, 0.6) is 5.75 Å². The molecule has 0 saturated carbocycles. The highest BCUT2D eigenvalue weighted by Gasteiger charge is 2.30. The van der Waals surface area contributed by atoms with Gasteiger partial charge in [0.1, 0.15) is 5.75 Å². The van der Waals surface area contributed by atoms with Gasteiger partial charge in [-0.2, -0.15) is 0 Å². The predicted molar refractivity (Wildman–Crippen MR) is 71.2 cm³/mol. The second-order valence-electron chi connectivity index (χ2n) is 5.36. The predicted octanol–water partition coefficient (Wildman–Crippen LogP) is 1.86. The summed E-state index contributed by atoms with van der Waals surface area (Å²) in [5.41, 5.74) is -0.133. The smallest absolute Gasteiger partial charge is 0.304 e. The van der Waals surface area contributed by atoms with Gasteiger partial charge in [-0.25, -0.2) is 8.42 Å². The molecule has 2 N–H and O–H groups in total. The molecule has 0 radical (unpaired) electrons. The van der Waals surface area contributed by atoms with Crippen LogP contribution in [0.3, 0.4) is 0 Å². The minimum absolute atomic E-state index is 0.0409. The van der Waals surface area contributed by atoms with Crippen molar-refractivity contribution in [2.24, 2.45) is 0 Å². The Balaban J connectivity index is 3.58. The van der Waals surface area contributed by atoms with E-state index in [2.05, 4.69) is 0 Å². The van der Waals surface area contributed by atoms with Gasteiger partial charge in [-0.3, -0.25) is 4.79 Å². The lowest BCUT2D eigenvalue weighted by atomic mass is 9.81. The summed E-state index contributed by atoms with van der Waals surface area (Å²) < 4.78 is 23.6. The summed E-state index contributed by atoms with van der Waals surface area (Å²) in [6.45, 7) is 4.87. The summed E-state index contributed by atoms with van der Waals surface area (Å²) in [7, 11) is -3.50. The zero-order chi connectivity index (χ0) is 15.0. The van der Waals surface area contributed by atoms with Crippen LogP contribution in [0.1, 0.15) is 31.4 Å². The van der Waals surface area contributed by atoms with Crippen LogP contribution in [-0.2, 0) is 20.0 Å². The largest absolute Gasteiger partial charge is 0.508 e. The fraction of sp³-hybridized carbons (Fsp3) is 0.462. The molecule has 19 heavy (non-hydrogen) atoms. The van der Waals surface area contributed by atoms with Crippen molar-refractivity contribution in [3.63, 3.8) is 0 Å². The Bertz CT molecular complexity index is 614. The number of sulfone groups is 1. The molecule has 0 saturated heterocycles. The molecule has 1 aromatic carbocycles. The number of aryl methyl sites for hydroxylation is 1. The molecule has 6 heteroatoms. The third-order valence-electron chi connectivity index (χ3n) is 3.02. The molecule has 0 amide bonds. The molecule has 106 valence electrons. The van der Waals surface area contributed by atoms with E-state index in [9.17, 15) is 18.3 Å². The minimum Gasteiger partial charge on any atom is -0.508 e. The Hall–Kier alpha value is -1.56. The van der Waals surface area contributed by atoms with Gasteiger partial charge in [-0.1, -0.05) is 13.8 Å². The average molecular weight is 286 g/mol. The van der Waals surface area contributed by atoms with Crippen molar-refractivity contribution in [3.8, 4) is 5.75 Å². The molecule has 0 aliphatic heterocycles. The summed E-state index contributed by atoms with van der Waals surface area (Å²) >= 11 is 0. The molecule has 0 fully saturated rings. The van der Waals surface area contributed by atoms with Crippen molar-refractivity contribution in [1.29, 1.82) is 0 Å². The maximum atomic E-state index is 11.8. The number of rotatable bonds is 4. The van der Waals surface area contributed by atoms with Gasteiger partial charge in [-0.15, -0.1) is 0 Å². The molecule has 1 rings (SSSR count). The summed E-state index contributed by atoms with van der Waals surface area (Å²) in [5, 5.41) is 18.7. The van der Waals surface area contributed by atoms with Gasteiger partial charge >= 0.3 is 5.97 Å². The van der Waals surface area contributed by atoms with E-state index in [1.54, 1.807) is 20.8 Å². The Kier molecular flexibility index (Phi) is 3.95. The van der Waals surface area contributed by atoms with Gasteiger partial charge in [0.25, 0.3) is 0 Å². The average Bonchev–Trinajstić information content (AvgIpc) is 2.17. The molecule has 0 unspecified atom stereocenters. The fourth-order valence-electron chi connectivity index (χ4n) is 1.98. The third-order valence-corrected chi connectivity index (χ3v) is 4.16. The van der Waals surface area contributed by atoms with E-state index in [0.29, 0.717) is 11.1 Å². The number of phenols is 1. The van der Waals surface area contributed by atoms with Crippen LogP contribution in [0.2, 0.25) is 0 Å². The normalized spacial score (nSPS) is 12.4. The van der Waals surface area contributed by atoms with Gasteiger partial charge in [0.05, 0.1) is 11.3 Å². The number of phenolic OH excluding ortho intramolecular Hbond substituents is 1.